The molecular weight excluding hydrogens is 287 g/mol. The molecule has 3 aromatic carbocycles. The monoisotopic (exact) mass is 304 g/mol. The summed E-state index contributed by atoms with van der Waals surface area (Å²) in [5, 5.41) is 0. The molecule has 3 aromatic rings. The highest BCUT2D eigenvalue weighted by Crippen LogP contribution is 2.26. The Kier molecular flexibility index (Phi) is 4.53. The van der Waals surface area contributed by atoms with Crippen molar-refractivity contribution in [2.24, 2.45) is 0 Å². The van der Waals surface area contributed by atoms with Crippen LogP contribution in [0, 0.1) is 5.82 Å². The van der Waals surface area contributed by atoms with Crippen LogP contribution in [-0.4, -0.2) is 0 Å². The van der Waals surface area contributed by atoms with Crippen LogP contribution in [0.15, 0.2) is 79.4 Å². The van der Waals surface area contributed by atoms with Gasteiger partial charge in [-0.2, -0.15) is 0 Å². The summed E-state index contributed by atoms with van der Waals surface area (Å²) in [6.45, 7) is 4.23. The van der Waals surface area contributed by atoms with Crippen LogP contribution in [0.25, 0.3) is 17.2 Å². The van der Waals surface area contributed by atoms with Crippen LogP contribution in [0.1, 0.15) is 11.1 Å². The number of hydrogen-bond donors (Lipinski definition) is 0. The molecule has 0 heterocycles. The fraction of sp³-hybridized carbons (Fsp3) is 0.0476. The van der Waals surface area contributed by atoms with Gasteiger partial charge in [0.1, 0.15) is 18.2 Å². The summed E-state index contributed by atoms with van der Waals surface area (Å²) in [6.07, 6.45) is 1.71. The number of ether oxygens (including phenoxy) is 1. The summed E-state index contributed by atoms with van der Waals surface area (Å²) in [7, 11) is 0. The Labute approximate surface area is 135 Å². The van der Waals surface area contributed by atoms with Crippen molar-refractivity contribution in [1.29, 1.82) is 0 Å². The Morgan fingerprint density at radius 2 is 1.65 bits per heavy atom. The Bertz CT molecular complexity index is 792. The minimum absolute atomic E-state index is 0.242. The SMILES string of the molecule is C=Cc1ccc(F)c(-c2ccc(OCc3ccccc3)cc2)c1. The molecule has 0 bridgehead atoms. The third kappa shape index (κ3) is 3.67. The molecule has 0 atom stereocenters. The molecule has 0 spiro atoms. The van der Waals surface area contributed by atoms with E-state index in [2.05, 4.69) is 6.58 Å². The summed E-state index contributed by atoms with van der Waals surface area (Å²) < 4.78 is 19.7. The first-order valence-corrected chi connectivity index (χ1v) is 7.45. The van der Waals surface area contributed by atoms with Gasteiger partial charge in [0.2, 0.25) is 0 Å². The minimum Gasteiger partial charge on any atom is -0.489 e. The van der Waals surface area contributed by atoms with Crippen LogP contribution in [0.5, 0.6) is 5.75 Å². The van der Waals surface area contributed by atoms with Crippen molar-refractivity contribution in [3.63, 3.8) is 0 Å². The van der Waals surface area contributed by atoms with Gasteiger partial charge in [0.25, 0.3) is 0 Å². The molecule has 0 aliphatic carbocycles. The third-order valence-electron chi connectivity index (χ3n) is 3.64. The van der Waals surface area contributed by atoms with Gasteiger partial charge in [0.15, 0.2) is 0 Å². The highest BCUT2D eigenvalue weighted by Gasteiger charge is 2.06. The summed E-state index contributed by atoms with van der Waals surface area (Å²) in [6, 6.07) is 22.4. The molecule has 0 N–H and O–H groups in total. The van der Waals surface area contributed by atoms with Crippen LogP contribution >= 0.6 is 0 Å². The molecule has 1 nitrogen and oxygen atoms in total. The van der Waals surface area contributed by atoms with Gasteiger partial charge in [-0.1, -0.05) is 61.2 Å². The molecule has 0 radical (unpaired) electrons. The fourth-order valence-corrected chi connectivity index (χ4v) is 2.36. The van der Waals surface area contributed by atoms with E-state index in [1.165, 1.54) is 6.07 Å². The number of hydrogen-bond acceptors (Lipinski definition) is 1. The van der Waals surface area contributed by atoms with Crippen molar-refractivity contribution in [3.8, 4) is 16.9 Å². The van der Waals surface area contributed by atoms with Gasteiger partial charge in [0.05, 0.1) is 0 Å². The summed E-state index contributed by atoms with van der Waals surface area (Å²) in [5.74, 6) is 0.520. The highest BCUT2D eigenvalue weighted by atomic mass is 19.1. The van der Waals surface area contributed by atoms with Crippen LogP contribution in [-0.2, 0) is 6.61 Å². The molecular formula is C21H17FO. The zero-order valence-electron chi connectivity index (χ0n) is 12.7. The second-order valence-electron chi connectivity index (χ2n) is 5.24. The normalized spacial score (nSPS) is 10.3. The van der Waals surface area contributed by atoms with Gasteiger partial charge in [-0.15, -0.1) is 0 Å². The lowest BCUT2D eigenvalue weighted by molar-refractivity contribution is 0.306. The first-order valence-electron chi connectivity index (χ1n) is 7.45. The number of halogens is 1. The maximum atomic E-state index is 14.0. The number of benzene rings is 3. The number of rotatable bonds is 5. The zero-order valence-corrected chi connectivity index (χ0v) is 12.7. The predicted molar refractivity (Wildman–Crippen MR) is 92.7 cm³/mol. The Morgan fingerprint density at radius 1 is 0.913 bits per heavy atom. The van der Waals surface area contributed by atoms with Crippen LogP contribution < -0.4 is 4.74 Å². The summed E-state index contributed by atoms with van der Waals surface area (Å²) in [5.41, 5.74) is 3.39. The van der Waals surface area contributed by atoms with E-state index in [9.17, 15) is 4.39 Å². The molecule has 0 saturated carbocycles. The molecule has 0 aromatic heterocycles. The molecule has 114 valence electrons. The lowest BCUT2D eigenvalue weighted by Crippen LogP contribution is -1.94. The molecule has 23 heavy (non-hydrogen) atoms. The third-order valence-corrected chi connectivity index (χ3v) is 3.64. The van der Waals surface area contributed by atoms with Crippen molar-refractivity contribution < 1.29 is 9.13 Å². The molecule has 0 aliphatic rings. The van der Waals surface area contributed by atoms with Gasteiger partial charge in [-0.05, 0) is 41.0 Å². The van der Waals surface area contributed by atoms with Gasteiger partial charge in [-0.3, -0.25) is 0 Å². The van der Waals surface area contributed by atoms with Crippen molar-refractivity contribution in [1.82, 2.24) is 0 Å². The lowest BCUT2D eigenvalue weighted by atomic mass is 10.0. The smallest absolute Gasteiger partial charge is 0.131 e. The maximum absolute atomic E-state index is 14.0. The Morgan fingerprint density at radius 3 is 2.35 bits per heavy atom. The molecule has 0 unspecified atom stereocenters. The largest absolute Gasteiger partial charge is 0.489 e. The Hall–Kier alpha value is -2.87. The molecule has 2 heteroatoms. The molecule has 3 rings (SSSR count). The van der Waals surface area contributed by atoms with E-state index in [-0.39, 0.29) is 5.82 Å². The van der Waals surface area contributed by atoms with Crippen LogP contribution in [0.3, 0.4) is 0 Å². The molecule has 0 fully saturated rings. The average molecular weight is 304 g/mol. The lowest BCUT2D eigenvalue weighted by Gasteiger charge is -2.09. The maximum Gasteiger partial charge on any atom is 0.131 e. The van der Waals surface area contributed by atoms with E-state index in [0.29, 0.717) is 12.2 Å². The minimum atomic E-state index is -0.242. The van der Waals surface area contributed by atoms with E-state index in [1.54, 1.807) is 18.2 Å². The first kappa shape index (κ1) is 15.0. The van der Waals surface area contributed by atoms with Crippen molar-refractivity contribution >= 4 is 6.08 Å². The highest BCUT2D eigenvalue weighted by molar-refractivity contribution is 5.68. The standard InChI is InChI=1S/C21H17FO/c1-2-16-8-13-21(22)20(14-16)18-9-11-19(12-10-18)23-15-17-6-4-3-5-7-17/h2-14H,1,15H2. The predicted octanol–water partition coefficient (Wildman–Crippen LogP) is 5.71. The van der Waals surface area contributed by atoms with E-state index in [4.69, 9.17) is 4.74 Å². The van der Waals surface area contributed by atoms with Gasteiger partial charge >= 0.3 is 0 Å². The van der Waals surface area contributed by atoms with E-state index in [0.717, 1.165) is 22.4 Å². The topological polar surface area (TPSA) is 9.23 Å². The fourth-order valence-electron chi connectivity index (χ4n) is 2.36. The van der Waals surface area contributed by atoms with Crippen molar-refractivity contribution in [2.45, 2.75) is 6.61 Å². The molecule has 0 amide bonds. The van der Waals surface area contributed by atoms with E-state index < -0.39 is 0 Å². The molecule has 0 aliphatic heterocycles. The first-order chi connectivity index (χ1) is 11.3. The summed E-state index contributed by atoms with van der Waals surface area (Å²) in [4.78, 5) is 0. The zero-order chi connectivity index (χ0) is 16.1. The quantitative estimate of drug-likeness (QED) is 0.586. The van der Waals surface area contributed by atoms with Crippen molar-refractivity contribution in [2.75, 3.05) is 0 Å². The van der Waals surface area contributed by atoms with Gasteiger partial charge in [-0.25, -0.2) is 4.39 Å². The Balaban J connectivity index is 1.76. The average Bonchev–Trinajstić information content (AvgIpc) is 2.62. The van der Waals surface area contributed by atoms with Gasteiger partial charge < -0.3 is 4.74 Å². The second-order valence-corrected chi connectivity index (χ2v) is 5.24. The van der Waals surface area contributed by atoms with E-state index >= 15 is 0 Å². The van der Waals surface area contributed by atoms with Crippen LogP contribution in [0.4, 0.5) is 4.39 Å². The second kappa shape index (κ2) is 6.93. The summed E-state index contributed by atoms with van der Waals surface area (Å²) >= 11 is 0. The van der Waals surface area contributed by atoms with Crippen molar-refractivity contribution in [3.05, 3.63) is 96.3 Å². The van der Waals surface area contributed by atoms with E-state index in [1.807, 2.05) is 54.6 Å². The van der Waals surface area contributed by atoms with Gasteiger partial charge in [0, 0.05) is 5.56 Å². The molecule has 0 saturated heterocycles. The van der Waals surface area contributed by atoms with Crippen LogP contribution in [0.2, 0.25) is 0 Å².